The van der Waals surface area contributed by atoms with Crippen LogP contribution in [0.15, 0.2) is 30.5 Å². The predicted molar refractivity (Wildman–Crippen MR) is 130 cm³/mol. The van der Waals surface area contributed by atoms with Crippen LogP contribution in [0, 0.1) is 5.92 Å². The molecule has 0 spiro atoms. The molecule has 9 nitrogen and oxygen atoms in total. The molecule has 10 heteroatoms. The molecule has 3 aromatic rings. The van der Waals surface area contributed by atoms with Crippen molar-refractivity contribution >= 4 is 28.7 Å². The fourth-order valence-corrected chi connectivity index (χ4v) is 4.67. The van der Waals surface area contributed by atoms with Crippen molar-refractivity contribution in [3.63, 3.8) is 0 Å². The van der Waals surface area contributed by atoms with E-state index in [0.29, 0.717) is 40.7 Å². The van der Waals surface area contributed by atoms with Gasteiger partial charge >= 0.3 is 6.09 Å². The Morgan fingerprint density at radius 1 is 1.26 bits per heavy atom. The van der Waals surface area contributed by atoms with E-state index in [1.54, 1.807) is 29.3 Å². The number of fused-ring (bicyclic) bond motifs is 1. The van der Waals surface area contributed by atoms with E-state index >= 15 is 0 Å². The zero-order valence-electron chi connectivity index (χ0n) is 20.1. The molecule has 2 fully saturated rings. The minimum absolute atomic E-state index is 0.225. The first-order chi connectivity index (χ1) is 16.7. The summed E-state index contributed by atoms with van der Waals surface area (Å²) in [7, 11) is 0. The minimum atomic E-state index is -1.00. The molecule has 1 saturated carbocycles. The standard InChI is InChI=1S/C25H30ClN5O4/c1-25(2,3)35-24(33)30-13-5-7-18(30)22(32)16-6-4-12-27-23(16)34-19-11-10-17-21(20(19)26)28-29-31(17)14-15-8-9-15/h4,6,10-12,15,18,22,32H,5,7-9,13-14H2,1-3H3. The van der Waals surface area contributed by atoms with E-state index < -0.39 is 23.8 Å². The Morgan fingerprint density at radius 3 is 2.80 bits per heavy atom. The second-order valence-corrected chi connectivity index (χ2v) is 10.7. The molecule has 2 aliphatic rings. The first-order valence-corrected chi connectivity index (χ1v) is 12.4. The van der Waals surface area contributed by atoms with Crippen LogP contribution in [0.4, 0.5) is 4.79 Å². The summed E-state index contributed by atoms with van der Waals surface area (Å²) in [5.74, 6) is 1.26. The van der Waals surface area contributed by atoms with Gasteiger partial charge in [0.05, 0.1) is 11.6 Å². The molecule has 1 saturated heterocycles. The number of nitrogens with zero attached hydrogens (tertiary/aromatic N) is 5. The van der Waals surface area contributed by atoms with Crippen molar-refractivity contribution in [3.05, 3.63) is 41.0 Å². The second kappa shape index (κ2) is 9.28. The van der Waals surface area contributed by atoms with Crippen molar-refractivity contribution in [2.75, 3.05) is 6.54 Å². The van der Waals surface area contributed by atoms with Gasteiger partial charge < -0.3 is 19.5 Å². The van der Waals surface area contributed by atoms with Gasteiger partial charge in [0.25, 0.3) is 0 Å². The van der Waals surface area contributed by atoms with Crippen LogP contribution in [-0.2, 0) is 11.3 Å². The van der Waals surface area contributed by atoms with E-state index in [2.05, 4.69) is 15.3 Å². The van der Waals surface area contributed by atoms with Crippen molar-refractivity contribution in [1.29, 1.82) is 0 Å². The highest BCUT2D eigenvalue weighted by Gasteiger charge is 2.38. The molecule has 2 aromatic heterocycles. The number of rotatable bonds is 6. The number of halogens is 1. The van der Waals surface area contributed by atoms with Gasteiger partial charge in [0, 0.05) is 24.8 Å². The lowest BCUT2D eigenvalue weighted by atomic mass is 10.0. The Bertz CT molecular complexity index is 1240. The first-order valence-electron chi connectivity index (χ1n) is 12.0. The lowest BCUT2D eigenvalue weighted by Crippen LogP contribution is -2.42. The smallest absolute Gasteiger partial charge is 0.410 e. The molecule has 1 amide bonds. The maximum atomic E-state index is 12.7. The van der Waals surface area contributed by atoms with Crippen LogP contribution in [0.5, 0.6) is 11.6 Å². The number of amides is 1. The number of hydrogen-bond acceptors (Lipinski definition) is 7. The summed E-state index contributed by atoms with van der Waals surface area (Å²) in [5, 5.41) is 20.2. The molecular formula is C25H30ClN5O4. The predicted octanol–water partition coefficient (Wildman–Crippen LogP) is 5.11. The Kier molecular flexibility index (Phi) is 6.31. The summed E-state index contributed by atoms with van der Waals surface area (Å²) in [4.78, 5) is 18.7. The highest BCUT2D eigenvalue weighted by atomic mass is 35.5. The Balaban J connectivity index is 1.39. The number of aliphatic hydroxyl groups is 1. The zero-order chi connectivity index (χ0) is 24.7. The molecule has 0 bridgehead atoms. The monoisotopic (exact) mass is 499 g/mol. The normalized spacial score (nSPS) is 19.2. The van der Waals surface area contributed by atoms with Crippen LogP contribution in [0.25, 0.3) is 11.0 Å². The maximum absolute atomic E-state index is 12.7. The van der Waals surface area contributed by atoms with Crippen LogP contribution < -0.4 is 4.74 Å². The van der Waals surface area contributed by atoms with Crippen LogP contribution in [0.1, 0.15) is 58.1 Å². The van der Waals surface area contributed by atoms with E-state index in [1.165, 1.54) is 12.8 Å². The third-order valence-electron chi connectivity index (χ3n) is 6.34. The summed E-state index contributed by atoms with van der Waals surface area (Å²) in [6.45, 7) is 6.82. The first kappa shape index (κ1) is 23.8. The molecule has 2 atom stereocenters. The highest BCUT2D eigenvalue weighted by Crippen LogP contribution is 2.39. The number of aromatic nitrogens is 4. The van der Waals surface area contributed by atoms with E-state index in [1.807, 2.05) is 31.5 Å². The Hall–Kier alpha value is -2.91. The van der Waals surface area contributed by atoms with E-state index in [9.17, 15) is 9.90 Å². The molecule has 186 valence electrons. The van der Waals surface area contributed by atoms with Gasteiger partial charge in [-0.25, -0.2) is 14.5 Å². The number of likely N-dealkylation sites (tertiary alicyclic amines) is 1. The highest BCUT2D eigenvalue weighted by molar-refractivity contribution is 6.36. The third kappa shape index (κ3) is 5.06. The molecule has 1 aliphatic heterocycles. The molecule has 3 heterocycles. The minimum Gasteiger partial charge on any atom is -0.444 e. The topological polar surface area (TPSA) is 103 Å². The summed E-state index contributed by atoms with van der Waals surface area (Å²) < 4.78 is 13.5. The Morgan fingerprint density at radius 2 is 2.06 bits per heavy atom. The number of ether oxygens (including phenoxy) is 2. The van der Waals surface area contributed by atoms with Crippen LogP contribution >= 0.6 is 11.6 Å². The number of pyridine rings is 1. The van der Waals surface area contributed by atoms with E-state index in [0.717, 1.165) is 18.5 Å². The Labute approximate surface area is 209 Å². The van der Waals surface area contributed by atoms with E-state index in [-0.39, 0.29) is 5.88 Å². The van der Waals surface area contributed by atoms with Gasteiger partial charge in [-0.2, -0.15) is 0 Å². The number of benzene rings is 1. The fourth-order valence-electron chi connectivity index (χ4n) is 4.44. The molecule has 0 radical (unpaired) electrons. The molecule has 1 aliphatic carbocycles. The van der Waals surface area contributed by atoms with Gasteiger partial charge in [0.15, 0.2) is 5.75 Å². The molecule has 1 aromatic carbocycles. The van der Waals surface area contributed by atoms with Gasteiger partial charge in [0.2, 0.25) is 5.88 Å². The van der Waals surface area contributed by atoms with Crippen molar-refractivity contribution in [3.8, 4) is 11.6 Å². The van der Waals surface area contributed by atoms with Crippen LogP contribution in [0.3, 0.4) is 0 Å². The van der Waals surface area contributed by atoms with Gasteiger partial charge in [-0.15, -0.1) is 5.10 Å². The second-order valence-electron chi connectivity index (χ2n) is 10.3. The van der Waals surface area contributed by atoms with Crippen molar-refractivity contribution in [2.45, 2.75) is 70.7 Å². The maximum Gasteiger partial charge on any atom is 0.410 e. The largest absolute Gasteiger partial charge is 0.444 e. The third-order valence-corrected chi connectivity index (χ3v) is 6.70. The van der Waals surface area contributed by atoms with Crippen LogP contribution in [-0.4, -0.2) is 54.3 Å². The van der Waals surface area contributed by atoms with Crippen molar-refractivity contribution in [1.82, 2.24) is 24.9 Å². The van der Waals surface area contributed by atoms with Gasteiger partial charge in [-0.05, 0) is 76.6 Å². The molecular weight excluding hydrogens is 470 g/mol. The average molecular weight is 500 g/mol. The van der Waals surface area contributed by atoms with Crippen molar-refractivity contribution in [2.24, 2.45) is 5.92 Å². The number of aliphatic hydroxyl groups excluding tert-OH is 1. The lowest BCUT2D eigenvalue weighted by Gasteiger charge is -2.31. The number of carbonyl (C=O) groups excluding carboxylic acids is 1. The molecule has 2 unspecified atom stereocenters. The van der Waals surface area contributed by atoms with Crippen molar-refractivity contribution < 1.29 is 19.4 Å². The average Bonchev–Trinajstić information content (AvgIpc) is 3.31. The molecule has 5 rings (SSSR count). The molecule has 35 heavy (non-hydrogen) atoms. The zero-order valence-corrected chi connectivity index (χ0v) is 20.9. The number of carbonyl (C=O) groups is 1. The van der Waals surface area contributed by atoms with Gasteiger partial charge in [-0.1, -0.05) is 16.8 Å². The summed E-state index contributed by atoms with van der Waals surface area (Å²) in [6.07, 6.45) is 4.00. The van der Waals surface area contributed by atoms with Gasteiger partial charge in [0.1, 0.15) is 22.2 Å². The summed E-state index contributed by atoms with van der Waals surface area (Å²) in [6, 6.07) is 6.68. The van der Waals surface area contributed by atoms with Gasteiger partial charge in [-0.3, -0.25) is 0 Å². The SMILES string of the molecule is CC(C)(C)OC(=O)N1CCCC1C(O)c1cccnc1Oc1ccc2c(nnn2CC2CC2)c1Cl. The quantitative estimate of drug-likeness (QED) is 0.502. The summed E-state index contributed by atoms with van der Waals surface area (Å²) >= 11 is 6.64. The fraction of sp³-hybridized carbons (Fsp3) is 0.520. The number of hydrogen-bond donors (Lipinski definition) is 1. The molecule has 1 N–H and O–H groups in total. The van der Waals surface area contributed by atoms with Crippen LogP contribution in [0.2, 0.25) is 5.02 Å². The summed E-state index contributed by atoms with van der Waals surface area (Å²) in [5.41, 5.74) is 1.28. The van der Waals surface area contributed by atoms with E-state index in [4.69, 9.17) is 21.1 Å². The lowest BCUT2D eigenvalue weighted by molar-refractivity contribution is 0.00450.